The van der Waals surface area contributed by atoms with Crippen LogP contribution in [0.4, 0.5) is 5.69 Å². The molecule has 0 saturated heterocycles. The van der Waals surface area contributed by atoms with E-state index >= 15 is 0 Å². The molecule has 1 aliphatic heterocycles. The summed E-state index contributed by atoms with van der Waals surface area (Å²) < 4.78 is 5.66. The van der Waals surface area contributed by atoms with E-state index in [9.17, 15) is 0 Å². The fraction of sp³-hybridized carbons (Fsp3) is 0.400. The van der Waals surface area contributed by atoms with Crippen LogP contribution in [0.3, 0.4) is 0 Å². The Morgan fingerprint density at radius 1 is 1.58 bits per heavy atom. The molecule has 0 saturated carbocycles. The highest BCUT2D eigenvalue weighted by Gasteiger charge is 2.22. The molecule has 2 rings (SSSR count). The molecule has 0 aromatic heterocycles. The van der Waals surface area contributed by atoms with Crippen LogP contribution in [-0.4, -0.2) is 6.10 Å². The van der Waals surface area contributed by atoms with Gasteiger partial charge in [-0.15, -0.1) is 0 Å². The zero-order chi connectivity index (χ0) is 8.55. The molecule has 1 atom stereocenters. The van der Waals surface area contributed by atoms with Crippen molar-refractivity contribution >= 4 is 5.69 Å². The first-order chi connectivity index (χ1) is 5.81. The first-order valence-electron chi connectivity index (χ1n) is 4.35. The molecule has 1 aromatic rings. The molecule has 1 heterocycles. The van der Waals surface area contributed by atoms with Gasteiger partial charge < -0.3 is 10.5 Å². The van der Waals surface area contributed by atoms with Gasteiger partial charge in [0, 0.05) is 17.7 Å². The third kappa shape index (κ3) is 1.04. The Kier molecular flexibility index (Phi) is 1.68. The van der Waals surface area contributed by atoms with E-state index in [4.69, 9.17) is 10.5 Å². The maximum atomic E-state index is 5.81. The van der Waals surface area contributed by atoms with Crippen LogP contribution in [0, 0.1) is 0 Å². The summed E-state index contributed by atoms with van der Waals surface area (Å²) in [6.07, 6.45) is 2.36. The molecule has 2 heteroatoms. The van der Waals surface area contributed by atoms with Gasteiger partial charge in [0.25, 0.3) is 0 Å². The predicted molar refractivity (Wildman–Crippen MR) is 49.3 cm³/mol. The molecule has 12 heavy (non-hydrogen) atoms. The number of fused-ring (bicyclic) bond motifs is 1. The van der Waals surface area contributed by atoms with Gasteiger partial charge in [-0.05, 0) is 18.6 Å². The minimum Gasteiger partial charge on any atom is -0.490 e. The van der Waals surface area contributed by atoms with E-state index < -0.39 is 0 Å². The van der Waals surface area contributed by atoms with E-state index in [1.165, 1.54) is 5.56 Å². The molecule has 1 aromatic carbocycles. The van der Waals surface area contributed by atoms with Crippen molar-refractivity contribution in [3.8, 4) is 5.75 Å². The molecule has 2 N–H and O–H groups in total. The van der Waals surface area contributed by atoms with Crippen molar-refractivity contribution in [1.29, 1.82) is 0 Å². The highest BCUT2D eigenvalue weighted by molar-refractivity contribution is 5.56. The largest absolute Gasteiger partial charge is 0.490 e. The lowest BCUT2D eigenvalue weighted by molar-refractivity contribution is 0.228. The normalized spacial score (nSPS) is 20.2. The van der Waals surface area contributed by atoms with Gasteiger partial charge in [-0.1, -0.05) is 13.0 Å². The maximum absolute atomic E-state index is 5.81. The first kappa shape index (κ1) is 7.47. The second kappa shape index (κ2) is 2.70. The summed E-state index contributed by atoms with van der Waals surface area (Å²) in [5.41, 5.74) is 7.86. The fourth-order valence-corrected chi connectivity index (χ4v) is 1.59. The van der Waals surface area contributed by atoms with Crippen molar-refractivity contribution < 1.29 is 4.74 Å². The Bertz CT molecular complexity index is 296. The quantitative estimate of drug-likeness (QED) is 0.642. The summed E-state index contributed by atoms with van der Waals surface area (Å²) in [5.74, 6) is 0.974. The van der Waals surface area contributed by atoms with Gasteiger partial charge in [0.2, 0.25) is 0 Å². The minimum atomic E-state index is 0.338. The Balaban J connectivity index is 2.35. The van der Waals surface area contributed by atoms with Crippen molar-refractivity contribution in [2.75, 3.05) is 5.73 Å². The summed E-state index contributed by atoms with van der Waals surface area (Å²) in [6.45, 7) is 2.13. The SMILES string of the molecule is CCC1Cc2c(N)cccc2O1. The number of hydrogen-bond acceptors (Lipinski definition) is 2. The van der Waals surface area contributed by atoms with Crippen LogP contribution >= 0.6 is 0 Å². The predicted octanol–water partition coefficient (Wildman–Crippen LogP) is 1.98. The van der Waals surface area contributed by atoms with E-state index in [1.54, 1.807) is 0 Å². The van der Waals surface area contributed by atoms with Gasteiger partial charge in [-0.25, -0.2) is 0 Å². The van der Waals surface area contributed by atoms with E-state index in [1.807, 2.05) is 18.2 Å². The lowest BCUT2D eigenvalue weighted by Gasteiger charge is -2.05. The summed E-state index contributed by atoms with van der Waals surface area (Å²) >= 11 is 0. The summed E-state index contributed by atoms with van der Waals surface area (Å²) in [7, 11) is 0. The molecule has 1 unspecified atom stereocenters. The second-order valence-corrected chi connectivity index (χ2v) is 3.18. The van der Waals surface area contributed by atoms with E-state index in [0.717, 1.165) is 24.3 Å². The van der Waals surface area contributed by atoms with Gasteiger partial charge in [0.05, 0.1) is 0 Å². The van der Waals surface area contributed by atoms with Crippen molar-refractivity contribution in [2.24, 2.45) is 0 Å². The summed E-state index contributed by atoms with van der Waals surface area (Å²) in [6, 6.07) is 5.85. The monoisotopic (exact) mass is 163 g/mol. The van der Waals surface area contributed by atoms with Crippen LogP contribution in [0.25, 0.3) is 0 Å². The number of rotatable bonds is 1. The Morgan fingerprint density at radius 3 is 3.08 bits per heavy atom. The standard InChI is InChI=1S/C10H13NO/c1-2-7-6-8-9(11)4-3-5-10(8)12-7/h3-5,7H,2,6,11H2,1H3. The maximum Gasteiger partial charge on any atom is 0.125 e. The summed E-state index contributed by atoms with van der Waals surface area (Å²) in [5, 5.41) is 0. The molecule has 2 nitrogen and oxygen atoms in total. The molecule has 0 amide bonds. The number of benzene rings is 1. The molecule has 0 spiro atoms. The molecule has 0 aliphatic carbocycles. The van der Waals surface area contributed by atoms with E-state index in [0.29, 0.717) is 6.10 Å². The van der Waals surface area contributed by atoms with E-state index in [2.05, 4.69) is 6.92 Å². The van der Waals surface area contributed by atoms with Gasteiger partial charge in [-0.2, -0.15) is 0 Å². The lowest BCUT2D eigenvalue weighted by Crippen LogP contribution is -2.10. The molecular weight excluding hydrogens is 150 g/mol. The van der Waals surface area contributed by atoms with Crippen molar-refractivity contribution in [1.82, 2.24) is 0 Å². The molecule has 64 valence electrons. The Hall–Kier alpha value is -1.18. The minimum absolute atomic E-state index is 0.338. The third-order valence-electron chi connectivity index (χ3n) is 2.35. The molecule has 0 bridgehead atoms. The highest BCUT2D eigenvalue weighted by Crippen LogP contribution is 2.33. The number of nitrogen functional groups attached to an aromatic ring is 1. The average Bonchev–Trinajstić information content (AvgIpc) is 2.49. The lowest BCUT2D eigenvalue weighted by atomic mass is 10.1. The van der Waals surface area contributed by atoms with Crippen LogP contribution in [0.2, 0.25) is 0 Å². The van der Waals surface area contributed by atoms with Crippen LogP contribution < -0.4 is 10.5 Å². The molecular formula is C10H13NO. The van der Waals surface area contributed by atoms with Crippen LogP contribution in [0.15, 0.2) is 18.2 Å². The van der Waals surface area contributed by atoms with Crippen LogP contribution in [-0.2, 0) is 6.42 Å². The first-order valence-corrected chi connectivity index (χ1v) is 4.35. The number of ether oxygens (including phenoxy) is 1. The van der Waals surface area contributed by atoms with Crippen LogP contribution in [0.1, 0.15) is 18.9 Å². The third-order valence-corrected chi connectivity index (χ3v) is 2.35. The van der Waals surface area contributed by atoms with E-state index in [-0.39, 0.29) is 0 Å². The molecule has 0 fully saturated rings. The van der Waals surface area contributed by atoms with Crippen molar-refractivity contribution in [2.45, 2.75) is 25.9 Å². The van der Waals surface area contributed by atoms with Gasteiger partial charge >= 0.3 is 0 Å². The van der Waals surface area contributed by atoms with Crippen LogP contribution in [0.5, 0.6) is 5.75 Å². The topological polar surface area (TPSA) is 35.2 Å². The van der Waals surface area contributed by atoms with Gasteiger partial charge in [0.1, 0.15) is 11.9 Å². The number of nitrogens with two attached hydrogens (primary N) is 1. The van der Waals surface area contributed by atoms with Gasteiger partial charge in [0.15, 0.2) is 0 Å². The van der Waals surface area contributed by atoms with Crippen molar-refractivity contribution in [3.05, 3.63) is 23.8 Å². The molecule has 0 radical (unpaired) electrons. The zero-order valence-electron chi connectivity index (χ0n) is 7.21. The number of hydrogen-bond donors (Lipinski definition) is 1. The fourth-order valence-electron chi connectivity index (χ4n) is 1.59. The number of anilines is 1. The Morgan fingerprint density at radius 2 is 2.42 bits per heavy atom. The second-order valence-electron chi connectivity index (χ2n) is 3.18. The van der Waals surface area contributed by atoms with Crippen molar-refractivity contribution in [3.63, 3.8) is 0 Å². The Labute approximate surface area is 72.3 Å². The highest BCUT2D eigenvalue weighted by atomic mass is 16.5. The molecule has 1 aliphatic rings. The average molecular weight is 163 g/mol. The zero-order valence-corrected chi connectivity index (χ0v) is 7.21. The summed E-state index contributed by atoms with van der Waals surface area (Å²) in [4.78, 5) is 0. The van der Waals surface area contributed by atoms with Gasteiger partial charge in [-0.3, -0.25) is 0 Å². The smallest absolute Gasteiger partial charge is 0.125 e.